The minimum Gasteiger partial charge on any atom is -0.497 e. The average Bonchev–Trinajstić information content (AvgIpc) is 2.69. The second-order valence-corrected chi connectivity index (χ2v) is 9.53. The largest absolute Gasteiger partial charge is 0.497 e. The van der Waals surface area contributed by atoms with Crippen molar-refractivity contribution in [2.75, 3.05) is 24.8 Å². The van der Waals surface area contributed by atoms with Gasteiger partial charge in [-0.3, -0.25) is 9.10 Å². The number of carbonyl (C=O) groups excluding carboxylic acids is 1. The number of methoxy groups -OCH3 is 2. The lowest BCUT2D eigenvalue weighted by atomic mass is 10.1. The van der Waals surface area contributed by atoms with Crippen LogP contribution in [0.25, 0.3) is 0 Å². The van der Waals surface area contributed by atoms with E-state index in [0.29, 0.717) is 23.6 Å². The molecule has 0 aliphatic heterocycles. The maximum atomic E-state index is 13.3. The predicted octanol–water partition coefficient (Wildman–Crippen LogP) is 3.74. The SMILES string of the molecule is CC[C@@H](C(=O)N[C@@H](C)c1cc(OC)ccc1OC)N(c1cc(C)cc(C)c1)S(C)(=O)=O. The Balaban J connectivity index is 2.40. The quantitative estimate of drug-likeness (QED) is 0.632. The number of nitrogens with one attached hydrogen (secondary N) is 1. The van der Waals surface area contributed by atoms with E-state index in [1.165, 1.54) is 4.31 Å². The maximum absolute atomic E-state index is 13.3. The summed E-state index contributed by atoms with van der Waals surface area (Å²) in [6.45, 7) is 7.41. The third-order valence-electron chi connectivity index (χ3n) is 5.05. The molecule has 8 heteroatoms. The fourth-order valence-corrected chi connectivity index (χ4v) is 4.90. The zero-order valence-electron chi connectivity index (χ0n) is 19.2. The van der Waals surface area contributed by atoms with E-state index >= 15 is 0 Å². The van der Waals surface area contributed by atoms with Gasteiger partial charge in [-0.1, -0.05) is 13.0 Å². The molecule has 0 aliphatic rings. The summed E-state index contributed by atoms with van der Waals surface area (Å²) < 4.78 is 37.3. The van der Waals surface area contributed by atoms with Crippen LogP contribution in [-0.2, 0) is 14.8 Å². The highest BCUT2D eigenvalue weighted by Crippen LogP contribution is 2.30. The molecule has 0 saturated carbocycles. The van der Waals surface area contributed by atoms with Crippen molar-refractivity contribution in [3.8, 4) is 11.5 Å². The van der Waals surface area contributed by atoms with E-state index in [-0.39, 0.29) is 5.91 Å². The van der Waals surface area contributed by atoms with E-state index in [0.717, 1.165) is 22.9 Å². The molecule has 0 fully saturated rings. The van der Waals surface area contributed by atoms with Crippen molar-refractivity contribution in [1.29, 1.82) is 0 Å². The van der Waals surface area contributed by atoms with Gasteiger partial charge in [-0.2, -0.15) is 0 Å². The van der Waals surface area contributed by atoms with Crippen LogP contribution in [-0.4, -0.2) is 40.8 Å². The topological polar surface area (TPSA) is 84.9 Å². The first kappa shape index (κ1) is 24.5. The molecule has 0 aliphatic carbocycles. The Morgan fingerprint density at radius 2 is 1.68 bits per heavy atom. The smallest absolute Gasteiger partial charge is 0.244 e. The third kappa shape index (κ3) is 5.91. The monoisotopic (exact) mass is 448 g/mol. The van der Waals surface area contributed by atoms with Gasteiger partial charge in [0.05, 0.1) is 32.2 Å². The zero-order valence-corrected chi connectivity index (χ0v) is 20.0. The van der Waals surface area contributed by atoms with Gasteiger partial charge in [0.2, 0.25) is 15.9 Å². The van der Waals surface area contributed by atoms with Gasteiger partial charge in [-0.05, 0) is 68.7 Å². The van der Waals surface area contributed by atoms with Gasteiger partial charge in [0.1, 0.15) is 17.5 Å². The fourth-order valence-electron chi connectivity index (χ4n) is 3.70. The van der Waals surface area contributed by atoms with Crippen LogP contribution in [0.5, 0.6) is 11.5 Å². The number of sulfonamides is 1. The molecular formula is C23H32N2O5S. The van der Waals surface area contributed by atoms with E-state index in [2.05, 4.69) is 5.32 Å². The second kappa shape index (κ2) is 10.0. The molecule has 1 N–H and O–H groups in total. The molecule has 0 aromatic heterocycles. The van der Waals surface area contributed by atoms with E-state index in [9.17, 15) is 13.2 Å². The van der Waals surface area contributed by atoms with Gasteiger partial charge in [0.25, 0.3) is 0 Å². The van der Waals surface area contributed by atoms with Gasteiger partial charge in [0, 0.05) is 5.56 Å². The summed E-state index contributed by atoms with van der Waals surface area (Å²) in [6.07, 6.45) is 1.43. The Labute approximate surface area is 185 Å². The molecular weight excluding hydrogens is 416 g/mol. The number of amides is 1. The standard InChI is InChI=1S/C23H32N2O5S/c1-8-21(25(31(7,27)28)18-12-15(2)11-16(3)13-18)23(26)24-17(4)20-14-19(29-5)9-10-22(20)30-6/h9-14,17,21H,8H2,1-7H3,(H,24,26)/t17-,21-/m0/s1. The van der Waals surface area contributed by atoms with Crippen LogP contribution < -0.4 is 19.1 Å². The number of anilines is 1. The Kier molecular flexibility index (Phi) is 7.95. The summed E-state index contributed by atoms with van der Waals surface area (Å²) in [5.74, 6) is 0.859. The highest BCUT2D eigenvalue weighted by Gasteiger charge is 2.32. The van der Waals surface area contributed by atoms with Crippen LogP contribution in [0.2, 0.25) is 0 Å². The third-order valence-corrected chi connectivity index (χ3v) is 6.23. The molecule has 0 bridgehead atoms. The van der Waals surface area contributed by atoms with Crippen molar-refractivity contribution < 1.29 is 22.7 Å². The molecule has 0 spiro atoms. The van der Waals surface area contributed by atoms with E-state index < -0.39 is 22.1 Å². The molecule has 0 saturated heterocycles. The van der Waals surface area contributed by atoms with Crippen LogP contribution in [0.3, 0.4) is 0 Å². The molecule has 170 valence electrons. The lowest BCUT2D eigenvalue weighted by Gasteiger charge is -2.31. The van der Waals surface area contributed by atoms with Crippen molar-refractivity contribution in [3.63, 3.8) is 0 Å². The summed E-state index contributed by atoms with van der Waals surface area (Å²) in [6, 6.07) is 9.54. The highest BCUT2D eigenvalue weighted by atomic mass is 32.2. The minimum absolute atomic E-state index is 0.313. The number of aryl methyl sites for hydroxylation is 2. The number of carbonyl (C=O) groups is 1. The molecule has 2 aromatic carbocycles. The van der Waals surface area contributed by atoms with E-state index in [1.807, 2.05) is 26.8 Å². The first-order valence-corrected chi connectivity index (χ1v) is 12.0. The number of ether oxygens (including phenoxy) is 2. The first-order valence-electron chi connectivity index (χ1n) is 10.1. The van der Waals surface area contributed by atoms with Crippen LogP contribution in [0.15, 0.2) is 36.4 Å². The lowest BCUT2D eigenvalue weighted by Crippen LogP contribution is -2.49. The van der Waals surface area contributed by atoms with Crippen molar-refractivity contribution in [3.05, 3.63) is 53.1 Å². The Bertz CT molecular complexity index is 1020. The van der Waals surface area contributed by atoms with Crippen molar-refractivity contribution in [1.82, 2.24) is 5.32 Å². The van der Waals surface area contributed by atoms with Crippen LogP contribution >= 0.6 is 0 Å². The van der Waals surface area contributed by atoms with Gasteiger partial charge in [-0.25, -0.2) is 8.42 Å². The average molecular weight is 449 g/mol. The normalized spacial score (nSPS) is 13.3. The van der Waals surface area contributed by atoms with E-state index in [4.69, 9.17) is 9.47 Å². The second-order valence-electron chi connectivity index (χ2n) is 7.67. The number of rotatable bonds is 9. The summed E-state index contributed by atoms with van der Waals surface area (Å²) in [4.78, 5) is 13.3. The summed E-state index contributed by atoms with van der Waals surface area (Å²) >= 11 is 0. The van der Waals surface area contributed by atoms with Gasteiger partial charge >= 0.3 is 0 Å². The molecule has 0 radical (unpaired) electrons. The molecule has 2 rings (SSSR count). The van der Waals surface area contributed by atoms with Crippen molar-refractivity contribution in [2.24, 2.45) is 0 Å². The first-order chi connectivity index (χ1) is 14.5. The van der Waals surface area contributed by atoms with Crippen LogP contribution in [0.4, 0.5) is 5.69 Å². The number of nitrogens with zero attached hydrogens (tertiary/aromatic N) is 1. The number of benzene rings is 2. The molecule has 2 aromatic rings. The molecule has 2 atom stereocenters. The molecule has 0 unspecified atom stereocenters. The lowest BCUT2D eigenvalue weighted by molar-refractivity contribution is -0.122. The Morgan fingerprint density at radius 1 is 1.06 bits per heavy atom. The molecule has 7 nitrogen and oxygen atoms in total. The number of hydrogen-bond acceptors (Lipinski definition) is 5. The summed E-state index contributed by atoms with van der Waals surface area (Å²) in [5.41, 5.74) is 3.07. The van der Waals surface area contributed by atoms with E-state index in [1.54, 1.807) is 51.5 Å². The predicted molar refractivity (Wildman–Crippen MR) is 123 cm³/mol. The highest BCUT2D eigenvalue weighted by molar-refractivity contribution is 7.92. The van der Waals surface area contributed by atoms with Crippen molar-refractivity contribution in [2.45, 2.75) is 46.2 Å². The van der Waals surface area contributed by atoms with Crippen LogP contribution in [0, 0.1) is 13.8 Å². The molecule has 1 amide bonds. The summed E-state index contributed by atoms with van der Waals surface area (Å²) in [7, 11) is -0.583. The van der Waals surface area contributed by atoms with Gasteiger partial charge < -0.3 is 14.8 Å². The van der Waals surface area contributed by atoms with Gasteiger partial charge in [0.15, 0.2) is 0 Å². The number of hydrogen-bond donors (Lipinski definition) is 1. The molecule has 31 heavy (non-hydrogen) atoms. The maximum Gasteiger partial charge on any atom is 0.244 e. The molecule has 0 heterocycles. The Hall–Kier alpha value is -2.74. The van der Waals surface area contributed by atoms with Crippen molar-refractivity contribution >= 4 is 21.6 Å². The fraction of sp³-hybridized carbons (Fsp3) is 0.435. The Morgan fingerprint density at radius 3 is 2.16 bits per heavy atom. The summed E-state index contributed by atoms with van der Waals surface area (Å²) in [5, 5.41) is 2.94. The van der Waals surface area contributed by atoms with Crippen LogP contribution in [0.1, 0.15) is 43.0 Å². The van der Waals surface area contributed by atoms with Gasteiger partial charge in [-0.15, -0.1) is 0 Å². The minimum atomic E-state index is -3.70. The zero-order chi connectivity index (χ0) is 23.3.